The molecule has 2 aromatic carbocycles. The van der Waals surface area contributed by atoms with Crippen LogP contribution < -0.4 is 14.2 Å². The first kappa shape index (κ1) is 26.5. The van der Waals surface area contributed by atoms with Crippen molar-refractivity contribution in [2.45, 2.75) is 19.4 Å². The molecular formula is C28H34N2O7. The van der Waals surface area contributed by atoms with Crippen LogP contribution in [0.4, 0.5) is 0 Å². The molecule has 1 amide bonds. The van der Waals surface area contributed by atoms with Crippen LogP contribution in [0.5, 0.6) is 17.2 Å². The van der Waals surface area contributed by atoms with Crippen LogP contribution in [0, 0.1) is 0 Å². The number of hydrogen-bond acceptors (Lipinski definition) is 8. The molecule has 0 radical (unpaired) electrons. The monoisotopic (exact) mass is 510 g/mol. The van der Waals surface area contributed by atoms with Crippen LogP contribution in [-0.2, 0) is 14.3 Å². The summed E-state index contributed by atoms with van der Waals surface area (Å²) in [5, 5.41) is 11.4. The van der Waals surface area contributed by atoms with Crippen LogP contribution in [-0.4, -0.2) is 86.8 Å². The number of carbonyl (C=O) groups is 2. The Balaban J connectivity index is 1.75. The fraction of sp³-hybridized carbons (Fsp3) is 0.429. The summed E-state index contributed by atoms with van der Waals surface area (Å²) in [6, 6.07) is 11.4. The maximum absolute atomic E-state index is 13.4. The predicted octanol–water partition coefficient (Wildman–Crippen LogP) is 3.25. The van der Waals surface area contributed by atoms with Crippen molar-refractivity contribution in [1.29, 1.82) is 0 Å². The quantitative estimate of drug-likeness (QED) is 0.296. The molecule has 0 aliphatic carbocycles. The standard InChI is InChI=1S/C28H34N2O7/c1-4-37-22-11-10-19(18-23(22)35-3)25-24(26(31)20-8-5-6-9-21(20)34-2)27(32)28(33)30(25)13-7-12-29-14-16-36-17-15-29/h5-6,8-11,18,25,31H,4,7,12-17H2,1-3H3/b26-24+. The van der Waals surface area contributed by atoms with Crippen LogP contribution in [0.15, 0.2) is 48.0 Å². The lowest BCUT2D eigenvalue weighted by atomic mass is 9.94. The van der Waals surface area contributed by atoms with E-state index in [1.54, 1.807) is 47.4 Å². The second-order valence-corrected chi connectivity index (χ2v) is 8.84. The molecule has 2 aliphatic heterocycles. The van der Waals surface area contributed by atoms with Gasteiger partial charge in [-0.1, -0.05) is 18.2 Å². The van der Waals surface area contributed by atoms with E-state index in [2.05, 4.69) is 4.90 Å². The van der Waals surface area contributed by atoms with Gasteiger partial charge in [0.15, 0.2) is 11.5 Å². The summed E-state index contributed by atoms with van der Waals surface area (Å²) >= 11 is 0. The van der Waals surface area contributed by atoms with E-state index in [0.29, 0.717) is 61.2 Å². The molecule has 2 aliphatic rings. The highest BCUT2D eigenvalue weighted by Crippen LogP contribution is 2.43. The summed E-state index contributed by atoms with van der Waals surface area (Å²) < 4.78 is 22.0. The molecule has 0 saturated carbocycles. The van der Waals surface area contributed by atoms with Crippen molar-refractivity contribution in [2.75, 3.05) is 60.2 Å². The summed E-state index contributed by atoms with van der Waals surface area (Å²) in [6.07, 6.45) is 0.673. The fourth-order valence-electron chi connectivity index (χ4n) is 4.86. The van der Waals surface area contributed by atoms with E-state index in [0.717, 1.165) is 19.6 Å². The highest BCUT2D eigenvalue weighted by molar-refractivity contribution is 6.46. The van der Waals surface area contributed by atoms with Crippen LogP contribution in [0.3, 0.4) is 0 Å². The fourth-order valence-corrected chi connectivity index (χ4v) is 4.86. The Labute approximate surface area is 217 Å². The first-order valence-corrected chi connectivity index (χ1v) is 12.5. The summed E-state index contributed by atoms with van der Waals surface area (Å²) in [6.45, 7) is 6.53. The molecule has 0 spiro atoms. The Hall–Kier alpha value is -3.56. The van der Waals surface area contributed by atoms with E-state index in [-0.39, 0.29) is 11.3 Å². The maximum Gasteiger partial charge on any atom is 0.295 e. The molecule has 1 atom stereocenters. The Kier molecular flexibility index (Phi) is 8.68. The van der Waals surface area contributed by atoms with Crippen LogP contribution in [0.25, 0.3) is 5.76 Å². The molecule has 0 bridgehead atoms. The van der Waals surface area contributed by atoms with Gasteiger partial charge in [-0.15, -0.1) is 0 Å². The van der Waals surface area contributed by atoms with Crippen LogP contribution >= 0.6 is 0 Å². The minimum atomic E-state index is -0.792. The number of aliphatic hydroxyl groups is 1. The number of rotatable bonds is 10. The second kappa shape index (κ2) is 12.1. The predicted molar refractivity (Wildman–Crippen MR) is 138 cm³/mol. The summed E-state index contributed by atoms with van der Waals surface area (Å²) in [4.78, 5) is 30.5. The Bertz CT molecular complexity index is 1160. The van der Waals surface area contributed by atoms with E-state index in [1.807, 2.05) is 6.92 Å². The smallest absolute Gasteiger partial charge is 0.295 e. The van der Waals surface area contributed by atoms with Gasteiger partial charge in [0.2, 0.25) is 0 Å². The molecule has 2 fully saturated rings. The second-order valence-electron chi connectivity index (χ2n) is 8.84. The summed E-state index contributed by atoms with van der Waals surface area (Å²) in [5.41, 5.74) is 1.01. The molecule has 2 saturated heterocycles. The number of carbonyl (C=O) groups excluding carboxylic acids is 2. The number of benzene rings is 2. The molecule has 9 nitrogen and oxygen atoms in total. The average Bonchev–Trinajstić information content (AvgIpc) is 3.18. The van der Waals surface area contributed by atoms with Gasteiger partial charge in [0.1, 0.15) is 11.5 Å². The average molecular weight is 511 g/mol. The molecule has 9 heteroatoms. The van der Waals surface area contributed by atoms with Crippen molar-refractivity contribution < 1.29 is 33.6 Å². The number of ether oxygens (including phenoxy) is 4. The van der Waals surface area contributed by atoms with Gasteiger partial charge in [-0.2, -0.15) is 0 Å². The number of ketones is 1. The largest absolute Gasteiger partial charge is 0.507 e. The molecule has 198 valence electrons. The van der Waals surface area contributed by atoms with Gasteiger partial charge in [-0.25, -0.2) is 0 Å². The minimum Gasteiger partial charge on any atom is -0.507 e. The number of hydrogen-bond donors (Lipinski definition) is 1. The van der Waals surface area contributed by atoms with Gasteiger partial charge in [-0.3, -0.25) is 14.5 Å². The van der Waals surface area contributed by atoms with Crippen molar-refractivity contribution >= 4 is 17.4 Å². The van der Waals surface area contributed by atoms with E-state index in [1.165, 1.54) is 14.2 Å². The molecule has 0 aromatic heterocycles. The zero-order chi connectivity index (χ0) is 26.4. The first-order valence-electron chi connectivity index (χ1n) is 12.5. The number of para-hydroxylation sites is 1. The number of likely N-dealkylation sites (tertiary alicyclic amines) is 1. The van der Waals surface area contributed by atoms with Gasteiger partial charge >= 0.3 is 0 Å². The van der Waals surface area contributed by atoms with Gasteiger partial charge < -0.3 is 29.0 Å². The molecular weight excluding hydrogens is 476 g/mol. The molecule has 1 unspecified atom stereocenters. The van der Waals surface area contributed by atoms with E-state index in [9.17, 15) is 14.7 Å². The van der Waals surface area contributed by atoms with Crippen molar-refractivity contribution in [3.8, 4) is 17.2 Å². The van der Waals surface area contributed by atoms with Crippen LogP contribution in [0.2, 0.25) is 0 Å². The van der Waals surface area contributed by atoms with E-state index >= 15 is 0 Å². The molecule has 1 N–H and O–H groups in total. The van der Waals surface area contributed by atoms with E-state index < -0.39 is 17.7 Å². The lowest BCUT2D eigenvalue weighted by molar-refractivity contribution is -0.140. The number of amides is 1. The van der Waals surface area contributed by atoms with E-state index in [4.69, 9.17) is 18.9 Å². The summed E-state index contributed by atoms with van der Waals surface area (Å²) in [5.74, 6) is -0.201. The number of nitrogens with zero attached hydrogens (tertiary/aromatic N) is 2. The third-order valence-electron chi connectivity index (χ3n) is 6.68. The van der Waals surface area contributed by atoms with Crippen LogP contribution in [0.1, 0.15) is 30.5 Å². The Morgan fingerprint density at radius 2 is 1.73 bits per heavy atom. The lowest BCUT2D eigenvalue weighted by Gasteiger charge is -2.29. The minimum absolute atomic E-state index is 0.0204. The third kappa shape index (κ3) is 5.57. The topological polar surface area (TPSA) is 97.8 Å². The molecule has 2 heterocycles. The number of methoxy groups -OCH3 is 2. The van der Waals surface area contributed by atoms with Crippen molar-refractivity contribution in [3.05, 3.63) is 59.2 Å². The lowest BCUT2D eigenvalue weighted by Crippen LogP contribution is -2.39. The van der Waals surface area contributed by atoms with Crippen molar-refractivity contribution in [2.24, 2.45) is 0 Å². The zero-order valence-electron chi connectivity index (χ0n) is 21.6. The first-order chi connectivity index (χ1) is 18.0. The zero-order valence-corrected chi connectivity index (χ0v) is 21.6. The Morgan fingerprint density at radius 1 is 1.00 bits per heavy atom. The molecule has 2 aromatic rings. The number of aliphatic hydroxyl groups excluding tert-OH is 1. The number of morpholine rings is 1. The number of Topliss-reactive ketones (excluding diaryl/α,β-unsaturated/α-hetero) is 1. The third-order valence-corrected chi connectivity index (χ3v) is 6.68. The van der Waals surface area contributed by atoms with Crippen molar-refractivity contribution in [1.82, 2.24) is 9.80 Å². The highest BCUT2D eigenvalue weighted by atomic mass is 16.5. The van der Waals surface area contributed by atoms with Gasteiger partial charge in [-0.05, 0) is 43.2 Å². The van der Waals surface area contributed by atoms with Crippen molar-refractivity contribution in [3.63, 3.8) is 0 Å². The molecule has 4 rings (SSSR count). The molecule has 37 heavy (non-hydrogen) atoms. The summed E-state index contributed by atoms with van der Waals surface area (Å²) in [7, 11) is 3.03. The Morgan fingerprint density at radius 3 is 2.43 bits per heavy atom. The SMILES string of the molecule is CCOc1ccc(C2/C(=C(\O)c3ccccc3OC)C(=O)C(=O)N2CCCN2CCOCC2)cc1OC. The van der Waals surface area contributed by atoms with Gasteiger partial charge in [0, 0.05) is 26.2 Å². The maximum atomic E-state index is 13.4. The van der Waals surface area contributed by atoms with Gasteiger partial charge in [0.05, 0.1) is 51.2 Å². The highest BCUT2D eigenvalue weighted by Gasteiger charge is 2.46. The van der Waals surface area contributed by atoms with Gasteiger partial charge in [0.25, 0.3) is 11.7 Å². The normalized spacial score (nSPS) is 19.8.